The highest BCUT2D eigenvalue weighted by Gasteiger charge is 2.14. The molecule has 0 fully saturated rings. The maximum absolute atomic E-state index is 4.18. The molecule has 0 aliphatic heterocycles. The summed E-state index contributed by atoms with van der Waals surface area (Å²) in [5.41, 5.74) is 2.54. The van der Waals surface area contributed by atoms with E-state index in [1.165, 1.54) is 5.56 Å². The first-order valence-electron chi connectivity index (χ1n) is 6.13. The lowest BCUT2D eigenvalue weighted by atomic mass is 10.1. The third-order valence-corrected chi connectivity index (χ3v) is 2.23. The number of nitrogens with one attached hydrogen (secondary N) is 2. The zero-order valence-electron chi connectivity index (χ0n) is 11.9. The minimum atomic E-state index is 0.0551. The van der Waals surface area contributed by atoms with E-state index in [0.29, 0.717) is 0 Å². The van der Waals surface area contributed by atoms with E-state index in [2.05, 4.69) is 63.2 Å². The average Bonchev–Trinajstić information content (AvgIpc) is 2.12. The Morgan fingerprint density at radius 2 is 1.71 bits per heavy atom. The highest BCUT2D eigenvalue weighted by molar-refractivity contribution is 5.50. The van der Waals surface area contributed by atoms with Gasteiger partial charge in [-0.3, -0.25) is 4.98 Å². The van der Waals surface area contributed by atoms with Crippen LogP contribution in [0.3, 0.4) is 0 Å². The van der Waals surface area contributed by atoms with Gasteiger partial charge in [0.25, 0.3) is 0 Å². The van der Waals surface area contributed by atoms with Crippen molar-refractivity contribution in [1.82, 2.24) is 10.3 Å². The van der Waals surface area contributed by atoms with E-state index < -0.39 is 0 Å². The number of pyridine rings is 1. The molecule has 0 unspecified atom stereocenters. The summed E-state index contributed by atoms with van der Waals surface area (Å²) in [7, 11) is 0. The van der Waals surface area contributed by atoms with Gasteiger partial charge in [-0.2, -0.15) is 0 Å². The Balaban J connectivity index is 2.78. The van der Waals surface area contributed by atoms with Crippen molar-refractivity contribution in [1.29, 1.82) is 0 Å². The molecule has 0 aromatic carbocycles. The Bertz CT molecular complexity index is 358. The second-order valence-electron chi connectivity index (χ2n) is 6.51. The van der Waals surface area contributed by atoms with Gasteiger partial charge in [0, 0.05) is 23.8 Å². The van der Waals surface area contributed by atoms with Gasteiger partial charge in [0.1, 0.15) is 0 Å². The van der Waals surface area contributed by atoms with Crippen molar-refractivity contribution < 1.29 is 0 Å². The molecule has 0 radical (unpaired) electrons. The van der Waals surface area contributed by atoms with Crippen molar-refractivity contribution in [3.05, 3.63) is 24.0 Å². The predicted molar refractivity (Wildman–Crippen MR) is 74.2 cm³/mol. The van der Waals surface area contributed by atoms with Gasteiger partial charge in [-0.05, 0) is 53.2 Å². The summed E-state index contributed by atoms with van der Waals surface area (Å²) in [4.78, 5) is 4.18. The minimum absolute atomic E-state index is 0.0551. The fraction of sp³-hybridized carbons (Fsp3) is 0.643. The Kier molecular flexibility index (Phi) is 4.15. The van der Waals surface area contributed by atoms with E-state index in [4.69, 9.17) is 0 Å². The van der Waals surface area contributed by atoms with Gasteiger partial charge < -0.3 is 10.6 Å². The molecule has 3 nitrogen and oxygen atoms in total. The van der Waals surface area contributed by atoms with Gasteiger partial charge in [0.2, 0.25) is 0 Å². The molecule has 0 spiro atoms. The molecule has 1 aromatic heterocycles. The van der Waals surface area contributed by atoms with Crippen molar-refractivity contribution in [3.8, 4) is 0 Å². The first-order chi connectivity index (χ1) is 7.67. The lowest BCUT2D eigenvalue weighted by molar-refractivity contribution is 0.424. The van der Waals surface area contributed by atoms with Gasteiger partial charge in [-0.1, -0.05) is 0 Å². The van der Waals surface area contributed by atoms with Gasteiger partial charge in [-0.15, -0.1) is 0 Å². The summed E-state index contributed by atoms with van der Waals surface area (Å²) in [6.45, 7) is 13.8. The highest BCUT2D eigenvalue weighted by Crippen LogP contribution is 2.19. The van der Waals surface area contributed by atoms with Crippen LogP contribution in [0.1, 0.15) is 47.1 Å². The van der Waals surface area contributed by atoms with Crippen LogP contribution in [0.2, 0.25) is 0 Å². The minimum Gasteiger partial charge on any atom is -0.379 e. The first kappa shape index (κ1) is 14.0. The number of nitrogens with zero attached hydrogens (tertiary/aromatic N) is 1. The van der Waals surface area contributed by atoms with E-state index >= 15 is 0 Å². The molecule has 0 saturated heterocycles. The van der Waals surface area contributed by atoms with Crippen LogP contribution >= 0.6 is 0 Å². The number of aromatic nitrogens is 1. The third kappa shape index (κ3) is 5.68. The molecule has 0 aliphatic carbocycles. The van der Waals surface area contributed by atoms with Gasteiger partial charge >= 0.3 is 0 Å². The van der Waals surface area contributed by atoms with Crippen molar-refractivity contribution in [3.63, 3.8) is 0 Å². The second-order valence-corrected chi connectivity index (χ2v) is 6.51. The molecule has 0 amide bonds. The zero-order valence-corrected chi connectivity index (χ0v) is 11.9. The average molecular weight is 235 g/mol. The molecular weight excluding hydrogens is 210 g/mol. The molecular formula is C14H25N3. The molecule has 0 aliphatic rings. The molecule has 96 valence electrons. The highest BCUT2D eigenvalue weighted by atomic mass is 15.0. The Morgan fingerprint density at radius 1 is 1.06 bits per heavy atom. The van der Waals surface area contributed by atoms with E-state index in [9.17, 15) is 0 Å². The Labute approximate surface area is 105 Å². The lowest BCUT2D eigenvalue weighted by Crippen LogP contribution is -2.35. The maximum Gasteiger partial charge on any atom is 0.0576 e. The second kappa shape index (κ2) is 5.05. The fourth-order valence-electron chi connectivity index (χ4n) is 1.45. The van der Waals surface area contributed by atoms with Crippen molar-refractivity contribution in [2.75, 3.05) is 5.32 Å². The molecule has 0 atom stereocenters. The monoisotopic (exact) mass is 235 g/mol. The van der Waals surface area contributed by atoms with Crippen LogP contribution in [0, 0.1) is 0 Å². The predicted octanol–water partition coefficient (Wildman–Crippen LogP) is 3.18. The lowest BCUT2D eigenvalue weighted by Gasteiger charge is -2.26. The quantitative estimate of drug-likeness (QED) is 0.845. The molecule has 17 heavy (non-hydrogen) atoms. The van der Waals surface area contributed by atoms with E-state index in [1.807, 2.05) is 12.4 Å². The van der Waals surface area contributed by atoms with Crippen molar-refractivity contribution in [2.45, 2.75) is 59.2 Å². The van der Waals surface area contributed by atoms with Crippen LogP contribution in [0.5, 0.6) is 0 Å². The van der Waals surface area contributed by atoms with Crippen molar-refractivity contribution >= 4 is 5.69 Å². The smallest absolute Gasteiger partial charge is 0.0576 e. The third-order valence-electron chi connectivity index (χ3n) is 2.23. The Morgan fingerprint density at radius 3 is 2.24 bits per heavy atom. The number of anilines is 1. The molecule has 2 N–H and O–H groups in total. The van der Waals surface area contributed by atoms with Crippen LogP contribution < -0.4 is 10.6 Å². The largest absolute Gasteiger partial charge is 0.379 e. The van der Waals surface area contributed by atoms with Gasteiger partial charge in [0.05, 0.1) is 11.9 Å². The fourth-order valence-corrected chi connectivity index (χ4v) is 1.45. The summed E-state index contributed by atoms with van der Waals surface area (Å²) >= 11 is 0. The van der Waals surface area contributed by atoms with E-state index in [1.54, 1.807) is 0 Å². The summed E-state index contributed by atoms with van der Waals surface area (Å²) < 4.78 is 0. The zero-order chi connectivity index (χ0) is 13.1. The van der Waals surface area contributed by atoms with Crippen LogP contribution in [-0.2, 0) is 6.54 Å². The van der Waals surface area contributed by atoms with E-state index in [-0.39, 0.29) is 11.1 Å². The van der Waals surface area contributed by atoms with Crippen LogP contribution in [0.15, 0.2) is 18.5 Å². The SMILES string of the molecule is CC(C)(C)NCc1ccncc1NC(C)(C)C. The summed E-state index contributed by atoms with van der Waals surface area (Å²) in [6, 6.07) is 2.06. The molecule has 1 rings (SSSR count). The van der Waals surface area contributed by atoms with Gasteiger partial charge in [-0.25, -0.2) is 0 Å². The van der Waals surface area contributed by atoms with Gasteiger partial charge in [0.15, 0.2) is 0 Å². The number of rotatable bonds is 3. The van der Waals surface area contributed by atoms with E-state index in [0.717, 1.165) is 12.2 Å². The molecule has 1 aromatic rings. The number of hydrogen-bond donors (Lipinski definition) is 2. The first-order valence-corrected chi connectivity index (χ1v) is 6.13. The van der Waals surface area contributed by atoms with Crippen LogP contribution in [-0.4, -0.2) is 16.1 Å². The summed E-state index contributed by atoms with van der Waals surface area (Å²) in [5, 5.41) is 6.98. The molecule has 0 saturated carbocycles. The van der Waals surface area contributed by atoms with Crippen LogP contribution in [0.25, 0.3) is 0 Å². The summed E-state index contributed by atoms with van der Waals surface area (Å²) in [5.74, 6) is 0. The number of hydrogen-bond acceptors (Lipinski definition) is 3. The Hall–Kier alpha value is -1.09. The molecule has 3 heteroatoms. The normalized spacial score (nSPS) is 12.6. The molecule has 0 bridgehead atoms. The standard InChI is InChI=1S/C14H25N3/c1-13(2,3)16-9-11-7-8-15-10-12(11)17-14(4,5)6/h7-8,10,16-17H,9H2,1-6H3. The maximum atomic E-state index is 4.18. The molecule has 1 heterocycles. The topological polar surface area (TPSA) is 37.0 Å². The van der Waals surface area contributed by atoms with Crippen molar-refractivity contribution in [2.24, 2.45) is 0 Å². The summed E-state index contributed by atoms with van der Waals surface area (Å²) in [6.07, 6.45) is 3.73. The van der Waals surface area contributed by atoms with Crippen LogP contribution in [0.4, 0.5) is 5.69 Å².